The number of anilines is 2. The van der Waals surface area contributed by atoms with Crippen LogP contribution in [0.2, 0.25) is 0 Å². The average molecular weight is 340 g/mol. The third kappa shape index (κ3) is 3.74. The first-order valence-corrected chi connectivity index (χ1v) is 8.01. The molecule has 0 aromatic heterocycles. The molecule has 6 heteroatoms. The molecule has 0 fully saturated rings. The van der Waals surface area contributed by atoms with Gasteiger partial charge in [0.25, 0.3) is 11.8 Å². The summed E-state index contributed by atoms with van der Waals surface area (Å²) in [5.74, 6) is 0.858. The third-order valence-electron chi connectivity index (χ3n) is 3.95. The first kappa shape index (κ1) is 16.8. The molecule has 2 aromatic carbocycles. The van der Waals surface area contributed by atoms with Gasteiger partial charge in [-0.25, -0.2) is 0 Å². The maximum absolute atomic E-state index is 12.1. The molecule has 0 saturated heterocycles. The number of fused-ring (bicyclic) bond motifs is 1. The van der Waals surface area contributed by atoms with Crippen LogP contribution in [0.3, 0.4) is 0 Å². The Bertz CT molecular complexity index is 819. The third-order valence-corrected chi connectivity index (χ3v) is 3.95. The molecule has 0 radical (unpaired) electrons. The number of carbonyl (C=O) groups excluding carboxylic acids is 2. The van der Waals surface area contributed by atoms with E-state index < -0.39 is 6.10 Å². The minimum atomic E-state index is -0.513. The van der Waals surface area contributed by atoms with E-state index in [0.29, 0.717) is 22.9 Å². The topological polar surface area (TPSA) is 67.9 Å². The van der Waals surface area contributed by atoms with Gasteiger partial charge >= 0.3 is 0 Å². The summed E-state index contributed by atoms with van der Waals surface area (Å²) in [6, 6.07) is 12.7. The van der Waals surface area contributed by atoms with Crippen LogP contribution in [0.15, 0.2) is 42.5 Å². The lowest BCUT2D eigenvalue weighted by Gasteiger charge is -2.30. The Kier molecular flexibility index (Phi) is 4.61. The monoisotopic (exact) mass is 340 g/mol. The van der Waals surface area contributed by atoms with Crippen LogP contribution in [0.25, 0.3) is 0 Å². The Hall–Kier alpha value is -3.02. The molecule has 1 atom stereocenters. The molecule has 2 amide bonds. The van der Waals surface area contributed by atoms with Gasteiger partial charge in [-0.3, -0.25) is 9.59 Å². The van der Waals surface area contributed by atoms with Crippen LogP contribution in [0.5, 0.6) is 11.5 Å². The van der Waals surface area contributed by atoms with E-state index >= 15 is 0 Å². The Morgan fingerprint density at radius 3 is 2.84 bits per heavy atom. The zero-order valence-corrected chi connectivity index (χ0v) is 14.4. The van der Waals surface area contributed by atoms with E-state index in [0.717, 1.165) is 5.56 Å². The Morgan fingerprint density at radius 2 is 2.08 bits per heavy atom. The van der Waals surface area contributed by atoms with Crippen molar-refractivity contribution in [3.05, 3.63) is 48.0 Å². The molecule has 3 rings (SSSR count). The molecular weight excluding hydrogens is 320 g/mol. The van der Waals surface area contributed by atoms with Gasteiger partial charge in [0.2, 0.25) is 0 Å². The van der Waals surface area contributed by atoms with Gasteiger partial charge in [-0.05, 0) is 49.7 Å². The summed E-state index contributed by atoms with van der Waals surface area (Å²) in [6.07, 6.45) is -0.513. The second-order valence-corrected chi connectivity index (χ2v) is 5.99. The minimum Gasteiger partial charge on any atom is -0.484 e. The fourth-order valence-electron chi connectivity index (χ4n) is 2.64. The molecule has 1 aliphatic heterocycles. The molecule has 0 bridgehead atoms. The van der Waals surface area contributed by atoms with Crippen molar-refractivity contribution < 1.29 is 19.1 Å². The van der Waals surface area contributed by atoms with Crippen LogP contribution < -0.4 is 19.7 Å². The van der Waals surface area contributed by atoms with Gasteiger partial charge in [0.15, 0.2) is 12.7 Å². The number of nitrogens with zero attached hydrogens (tertiary/aromatic N) is 1. The van der Waals surface area contributed by atoms with E-state index in [4.69, 9.17) is 9.47 Å². The van der Waals surface area contributed by atoms with Crippen LogP contribution in [-0.4, -0.2) is 31.6 Å². The number of amides is 2. The number of rotatable bonds is 4. The molecular formula is C19H20N2O4. The molecule has 1 aliphatic rings. The van der Waals surface area contributed by atoms with Crippen molar-refractivity contribution in [3.8, 4) is 11.5 Å². The molecule has 25 heavy (non-hydrogen) atoms. The summed E-state index contributed by atoms with van der Waals surface area (Å²) in [4.78, 5) is 25.6. The molecule has 6 nitrogen and oxygen atoms in total. The Morgan fingerprint density at radius 1 is 1.28 bits per heavy atom. The molecule has 130 valence electrons. The van der Waals surface area contributed by atoms with Gasteiger partial charge in [0.1, 0.15) is 11.5 Å². The van der Waals surface area contributed by atoms with Crippen LogP contribution in [0, 0.1) is 6.92 Å². The van der Waals surface area contributed by atoms with Crippen molar-refractivity contribution in [2.45, 2.75) is 20.0 Å². The predicted octanol–water partition coefficient (Wildman–Crippen LogP) is 2.76. The average Bonchev–Trinajstić information content (AvgIpc) is 2.59. The highest BCUT2D eigenvalue weighted by atomic mass is 16.5. The van der Waals surface area contributed by atoms with Crippen molar-refractivity contribution in [3.63, 3.8) is 0 Å². The summed E-state index contributed by atoms with van der Waals surface area (Å²) in [5, 5.41) is 2.77. The highest BCUT2D eigenvalue weighted by molar-refractivity contribution is 6.00. The first-order chi connectivity index (χ1) is 11.9. The second-order valence-electron chi connectivity index (χ2n) is 5.99. The first-order valence-electron chi connectivity index (χ1n) is 8.01. The largest absolute Gasteiger partial charge is 0.484 e. The summed E-state index contributed by atoms with van der Waals surface area (Å²) in [7, 11) is 1.69. The number of aryl methyl sites for hydroxylation is 1. The highest BCUT2D eigenvalue weighted by Gasteiger charge is 2.29. The van der Waals surface area contributed by atoms with Crippen molar-refractivity contribution in [2.24, 2.45) is 0 Å². The zero-order valence-electron chi connectivity index (χ0n) is 14.4. The maximum Gasteiger partial charge on any atom is 0.267 e. The van der Waals surface area contributed by atoms with Gasteiger partial charge in [0.05, 0.1) is 5.69 Å². The van der Waals surface area contributed by atoms with E-state index in [1.54, 1.807) is 38.2 Å². The van der Waals surface area contributed by atoms with Crippen molar-refractivity contribution in [2.75, 3.05) is 23.9 Å². The smallest absolute Gasteiger partial charge is 0.267 e. The van der Waals surface area contributed by atoms with Gasteiger partial charge < -0.3 is 19.7 Å². The minimum absolute atomic E-state index is 0.0944. The number of benzene rings is 2. The van der Waals surface area contributed by atoms with Gasteiger partial charge in [0, 0.05) is 12.7 Å². The number of nitrogens with one attached hydrogen (secondary N) is 1. The van der Waals surface area contributed by atoms with Crippen LogP contribution >= 0.6 is 0 Å². The van der Waals surface area contributed by atoms with Gasteiger partial charge in [-0.1, -0.05) is 12.1 Å². The number of ether oxygens (including phenoxy) is 2. The van der Waals surface area contributed by atoms with E-state index in [-0.39, 0.29) is 18.4 Å². The fourth-order valence-corrected chi connectivity index (χ4v) is 2.64. The summed E-state index contributed by atoms with van der Waals surface area (Å²) < 4.78 is 11.0. The standard InChI is InChI=1S/C19H20N2O4/c1-12-5-4-6-15(9-12)24-11-18(22)20-14-7-8-17-16(10-14)21(3)19(23)13(2)25-17/h4-10,13H,11H2,1-3H3,(H,20,22)/t13-/m1/s1. The molecule has 0 spiro atoms. The quantitative estimate of drug-likeness (QED) is 0.929. The second kappa shape index (κ2) is 6.84. The molecule has 1 heterocycles. The molecule has 0 aliphatic carbocycles. The van der Waals surface area contributed by atoms with E-state index in [1.165, 1.54) is 4.90 Å². The van der Waals surface area contributed by atoms with Crippen molar-refractivity contribution in [1.82, 2.24) is 0 Å². The normalized spacial score (nSPS) is 16.0. The fraction of sp³-hybridized carbons (Fsp3) is 0.263. The molecule has 0 unspecified atom stereocenters. The lowest BCUT2D eigenvalue weighted by molar-refractivity contribution is -0.125. The summed E-state index contributed by atoms with van der Waals surface area (Å²) >= 11 is 0. The van der Waals surface area contributed by atoms with Crippen LogP contribution in [-0.2, 0) is 9.59 Å². The van der Waals surface area contributed by atoms with E-state index in [9.17, 15) is 9.59 Å². The predicted molar refractivity (Wildman–Crippen MR) is 95.2 cm³/mol. The molecule has 1 N–H and O–H groups in total. The van der Waals surface area contributed by atoms with Crippen molar-refractivity contribution >= 4 is 23.2 Å². The number of hydrogen-bond acceptors (Lipinski definition) is 4. The Balaban J connectivity index is 1.65. The maximum atomic E-state index is 12.1. The molecule has 2 aromatic rings. The molecule has 0 saturated carbocycles. The number of hydrogen-bond donors (Lipinski definition) is 1. The van der Waals surface area contributed by atoms with E-state index in [1.807, 2.05) is 25.1 Å². The van der Waals surface area contributed by atoms with Gasteiger partial charge in [-0.15, -0.1) is 0 Å². The number of carbonyl (C=O) groups is 2. The Labute approximate surface area is 146 Å². The van der Waals surface area contributed by atoms with Crippen molar-refractivity contribution in [1.29, 1.82) is 0 Å². The summed E-state index contributed by atoms with van der Waals surface area (Å²) in [6.45, 7) is 3.57. The van der Waals surface area contributed by atoms with Gasteiger partial charge in [-0.2, -0.15) is 0 Å². The lowest BCUT2D eigenvalue weighted by atomic mass is 10.2. The SMILES string of the molecule is Cc1cccc(OCC(=O)Nc2ccc3c(c2)N(C)C(=O)[C@@H](C)O3)c1. The van der Waals surface area contributed by atoms with Crippen LogP contribution in [0.4, 0.5) is 11.4 Å². The lowest BCUT2D eigenvalue weighted by Crippen LogP contribution is -2.42. The zero-order chi connectivity index (χ0) is 18.0. The van der Waals surface area contributed by atoms with Crippen LogP contribution in [0.1, 0.15) is 12.5 Å². The van der Waals surface area contributed by atoms with E-state index in [2.05, 4.69) is 5.32 Å². The highest BCUT2D eigenvalue weighted by Crippen LogP contribution is 2.35. The summed E-state index contributed by atoms with van der Waals surface area (Å²) in [5.41, 5.74) is 2.27. The number of likely N-dealkylation sites (N-methyl/N-ethyl adjacent to an activating group) is 1.